The molecule has 0 aromatic heterocycles. The summed E-state index contributed by atoms with van der Waals surface area (Å²) in [4.78, 5) is 2.37. The largest absolute Gasteiger partial charge is 0.304 e. The number of hydrazine groups is 1. The van der Waals surface area contributed by atoms with Gasteiger partial charge in [0, 0.05) is 38.5 Å². The van der Waals surface area contributed by atoms with E-state index in [1.165, 1.54) is 18.8 Å². The van der Waals surface area contributed by atoms with Crippen molar-refractivity contribution in [1.29, 1.82) is 0 Å². The Hall–Kier alpha value is 0.230. The normalized spacial score (nSPS) is 21.5. The van der Waals surface area contributed by atoms with Gasteiger partial charge in [-0.1, -0.05) is 0 Å². The van der Waals surface area contributed by atoms with E-state index in [9.17, 15) is 0 Å². The van der Waals surface area contributed by atoms with Gasteiger partial charge in [0.15, 0.2) is 0 Å². The minimum atomic E-state index is 1.10. The summed E-state index contributed by atoms with van der Waals surface area (Å²) in [6.07, 6.45) is 2.14. The molecule has 1 aliphatic rings. The maximum absolute atomic E-state index is 3.43. The van der Waals surface area contributed by atoms with Crippen LogP contribution < -0.4 is 5.43 Å². The zero-order valence-corrected chi connectivity index (χ0v) is 8.86. The Labute approximate surface area is 79.5 Å². The van der Waals surface area contributed by atoms with Crippen LogP contribution in [0.25, 0.3) is 0 Å². The van der Waals surface area contributed by atoms with Gasteiger partial charge >= 0.3 is 0 Å². The summed E-state index contributed by atoms with van der Waals surface area (Å²) in [5.74, 6) is 1.20. The number of hydrogen-bond donors (Lipinski definition) is 1. The molecule has 1 fully saturated rings. The van der Waals surface area contributed by atoms with Crippen molar-refractivity contribution in [3.8, 4) is 0 Å². The van der Waals surface area contributed by atoms with Gasteiger partial charge in [0.2, 0.25) is 0 Å². The van der Waals surface area contributed by atoms with Gasteiger partial charge in [-0.05, 0) is 13.3 Å². The van der Waals surface area contributed by atoms with E-state index >= 15 is 0 Å². The molecule has 3 nitrogen and oxygen atoms in total. The lowest BCUT2D eigenvalue weighted by atomic mass is 10.4. The summed E-state index contributed by atoms with van der Waals surface area (Å²) in [6, 6.07) is 0. The van der Waals surface area contributed by atoms with E-state index in [2.05, 4.69) is 28.6 Å². The first kappa shape index (κ1) is 10.3. The van der Waals surface area contributed by atoms with Gasteiger partial charge in [0.1, 0.15) is 0 Å². The second-order valence-electron chi connectivity index (χ2n) is 3.19. The number of hydrogen-bond acceptors (Lipinski definition) is 4. The van der Waals surface area contributed by atoms with Crippen molar-refractivity contribution in [2.75, 3.05) is 51.8 Å². The molecule has 0 bridgehead atoms. The van der Waals surface area contributed by atoms with Crippen molar-refractivity contribution in [2.24, 2.45) is 0 Å². The molecule has 0 amide bonds. The molecular formula is C8H19N3S. The molecular weight excluding hydrogens is 170 g/mol. The molecule has 1 saturated heterocycles. The second-order valence-corrected chi connectivity index (χ2v) is 4.18. The minimum absolute atomic E-state index is 1.10. The van der Waals surface area contributed by atoms with Crippen LogP contribution in [-0.4, -0.2) is 61.7 Å². The van der Waals surface area contributed by atoms with E-state index < -0.39 is 0 Å². The number of nitrogens with zero attached hydrogens (tertiary/aromatic N) is 2. The van der Waals surface area contributed by atoms with Crippen molar-refractivity contribution in [3.63, 3.8) is 0 Å². The van der Waals surface area contributed by atoms with Crippen LogP contribution in [0, 0.1) is 0 Å². The van der Waals surface area contributed by atoms with Crippen LogP contribution in [0.5, 0.6) is 0 Å². The standard InChI is InChI=1S/C8H19N3S/c1-10-4-6-11(7-5-10)9-3-8-12-2/h9H,3-8H2,1-2H3. The molecule has 0 saturated carbocycles. The van der Waals surface area contributed by atoms with E-state index in [0.29, 0.717) is 0 Å². The third kappa shape index (κ3) is 3.76. The summed E-state index contributed by atoms with van der Waals surface area (Å²) in [7, 11) is 2.18. The van der Waals surface area contributed by atoms with Crippen LogP contribution in [0.2, 0.25) is 0 Å². The Morgan fingerprint density at radius 2 is 1.92 bits per heavy atom. The van der Waals surface area contributed by atoms with Crippen LogP contribution in [0.3, 0.4) is 0 Å². The van der Waals surface area contributed by atoms with Gasteiger partial charge in [-0.2, -0.15) is 11.8 Å². The zero-order valence-electron chi connectivity index (χ0n) is 8.05. The van der Waals surface area contributed by atoms with Crippen LogP contribution in [-0.2, 0) is 0 Å². The van der Waals surface area contributed by atoms with Crippen LogP contribution in [0.4, 0.5) is 0 Å². The van der Waals surface area contributed by atoms with Crippen molar-refractivity contribution in [1.82, 2.24) is 15.3 Å². The molecule has 0 spiro atoms. The number of piperazine rings is 1. The molecule has 0 aliphatic carbocycles. The number of nitrogens with one attached hydrogen (secondary N) is 1. The molecule has 0 aromatic carbocycles. The summed E-state index contributed by atoms with van der Waals surface area (Å²) in [5, 5.41) is 2.33. The fraction of sp³-hybridized carbons (Fsp3) is 1.00. The Morgan fingerprint density at radius 1 is 1.25 bits per heavy atom. The van der Waals surface area contributed by atoms with E-state index in [1.54, 1.807) is 0 Å². The highest BCUT2D eigenvalue weighted by Gasteiger charge is 2.11. The van der Waals surface area contributed by atoms with E-state index in [-0.39, 0.29) is 0 Å². The molecule has 0 radical (unpaired) electrons. The van der Waals surface area contributed by atoms with Crippen molar-refractivity contribution in [3.05, 3.63) is 0 Å². The number of rotatable bonds is 4. The molecule has 72 valence electrons. The monoisotopic (exact) mass is 189 g/mol. The molecule has 0 unspecified atom stereocenters. The second kappa shape index (κ2) is 5.80. The Balaban J connectivity index is 2.01. The highest BCUT2D eigenvalue weighted by Crippen LogP contribution is 1.95. The van der Waals surface area contributed by atoms with Crippen LogP contribution in [0.1, 0.15) is 0 Å². The fourth-order valence-corrected chi connectivity index (χ4v) is 1.57. The van der Waals surface area contributed by atoms with Crippen molar-refractivity contribution in [2.45, 2.75) is 0 Å². The zero-order chi connectivity index (χ0) is 8.81. The highest BCUT2D eigenvalue weighted by atomic mass is 32.2. The lowest BCUT2D eigenvalue weighted by molar-refractivity contribution is 0.108. The molecule has 0 atom stereocenters. The first-order chi connectivity index (χ1) is 5.83. The minimum Gasteiger partial charge on any atom is -0.304 e. The quantitative estimate of drug-likeness (QED) is 0.632. The first-order valence-corrected chi connectivity index (χ1v) is 5.88. The average molecular weight is 189 g/mol. The summed E-state index contributed by atoms with van der Waals surface area (Å²) >= 11 is 1.89. The lowest BCUT2D eigenvalue weighted by Gasteiger charge is -2.32. The molecule has 1 rings (SSSR count). The summed E-state index contributed by atoms with van der Waals surface area (Å²) in [6.45, 7) is 5.79. The molecule has 1 heterocycles. The smallest absolute Gasteiger partial charge is 0.0259 e. The number of thioether (sulfide) groups is 1. The SMILES string of the molecule is CSCCNN1CCN(C)CC1. The molecule has 0 aromatic rings. The van der Waals surface area contributed by atoms with Crippen LogP contribution >= 0.6 is 11.8 Å². The predicted molar refractivity (Wildman–Crippen MR) is 55.5 cm³/mol. The van der Waals surface area contributed by atoms with Gasteiger partial charge in [-0.3, -0.25) is 5.43 Å². The summed E-state index contributed by atoms with van der Waals surface area (Å²) < 4.78 is 0. The summed E-state index contributed by atoms with van der Waals surface area (Å²) in [5.41, 5.74) is 3.43. The van der Waals surface area contributed by atoms with Gasteiger partial charge in [-0.15, -0.1) is 0 Å². The first-order valence-electron chi connectivity index (χ1n) is 4.49. The van der Waals surface area contributed by atoms with Gasteiger partial charge < -0.3 is 4.90 Å². The highest BCUT2D eigenvalue weighted by molar-refractivity contribution is 7.98. The predicted octanol–water partition coefficient (Wildman–Crippen LogP) is 0.101. The van der Waals surface area contributed by atoms with Gasteiger partial charge in [0.05, 0.1) is 0 Å². The van der Waals surface area contributed by atoms with Crippen molar-refractivity contribution < 1.29 is 0 Å². The van der Waals surface area contributed by atoms with Crippen molar-refractivity contribution >= 4 is 11.8 Å². The Bertz CT molecular complexity index is 113. The van der Waals surface area contributed by atoms with E-state index in [4.69, 9.17) is 0 Å². The molecule has 4 heteroatoms. The Kier molecular flexibility index (Phi) is 4.99. The maximum atomic E-state index is 3.43. The third-order valence-corrected chi connectivity index (χ3v) is 2.76. The topological polar surface area (TPSA) is 18.5 Å². The number of likely N-dealkylation sites (N-methyl/N-ethyl adjacent to an activating group) is 1. The molecule has 1 N–H and O–H groups in total. The van der Waals surface area contributed by atoms with Crippen LogP contribution in [0.15, 0.2) is 0 Å². The lowest BCUT2D eigenvalue weighted by Crippen LogP contribution is -2.51. The van der Waals surface area contributed by atoms with Gasteiger partial charge in [-0.25, -0.2) is 5.01 Å². The molecule has 12 heavy (non-hydrogen) atoms. The molecule has 1 aliphatic heterocycles. The average Bonchev–Trinajstić information content (AvgIpc) is 2.09. The van der Waals surface area contributed by atoms with Gasteiger partial charge in [0.25, 0.3) is 0 Å². The van der Waals surface area contributed by atoms with E-state index in [0.717, 1.165) is 19.6 Å². The van der Waals surface area contributed by atoms with E-state index in [1.807, 2.05) is 11.8 Å². The third-order valence-electron chi connectivity index (χ3n) is 2.14. The Morgan fingerprint density at radius 3 is 2.50 bits per heavy atom. The fourth-order valence-electron chi connectivity index (χ4n) is 1.27. The maximum Gasteiger partial charge on any atom is 0.0259 e.